The number of para-hydroxylation sites is 1. The maximum atomic E-state index is 5.16. The van der Waals surface area contributed by atoms with Crippen molar-refractivity contribution in [3.8, 4) is 0 Å². The first-order valence-electron chi connectivity index (χ1n) is 10.9. The van der Waals surface area contributed by atoms with Crippen molar-refractivity contribution in [1.29, 1.82) is 0 Å². The van der Waals surface area contributed by atoms with Gasteiger partial charge in [-0.1, -0.05) is 97.1 Å². The Morgan fingerprint density at radius 2 is 1.22 bits per heavy atom. The number of hydrazone groups is 1. The molecule has 0 unspecified atom stereocenters. The minimum absolute atomic E-state index is 0.739. The predicted octanol–water partition coefficient (Wildman–Crippen LogP) is 7.33. The van der Waals surface area contributed by atoms with Gasteiger partial charge in [-0.05, 0) is 36.2 Å². The van der Waals surface area contributed by atoms with E-state index in [0.29, 0.717) is 0 Å². The summed E-state index contributed by atoms with van der Waals surface area (Å²) >= 11 is 0. The number of benzene rings is 4. The van der Waals surface area contributed by atoms with Gasteiger partial charge >= 0.3 is 0 Å². The van der Waals surface area contributed by atoms with Crippen LogP contribution in [0, 0.1) is 0 Å². The molecule has 4 nitrogen and oxygen atoms in total. The summed E-state index contributed by atoms with van der Waals surface area (Å²) in [5.74, 6) is 0. The lowest BCUT2D eigenvalue weighted by Gasteiger charge is -2.42. The van der Waals surface area contributed by atoms with Gasteiger partial charge in [0.2, 0.25) is 0 Å². The normalized spacial score (nSPS) is 18.5. The van der Waals surface area contributed by atoms with Crippen LogP contribution in [-0.2, 0) is 5.66 Å². The largest absolute Gasteiger partial charge is 0.232 e. The van der Waals surface area contributed by atoms with Crippen LogP contribution in [0.1, 0.15) is 24.0 Å². The van der Waals surface area contributed by atoms with Crippen molar-refractivity contribution in [1.82, 2.24) is 0 Å². The molecule has 0 saturated heterocycles. The van der Waals surface area contributed by atoms with Gasteiger partial charge in [0.05, 0.1) is 17.1 Å². The van der Waals surface area contributed by atoms with E-state index < -0.39 is 5.66 Å². The second-order valence-corrected chi connectivity index (χ2v) is 7.78. The number of hydrogen-bond donors (Lipinski definition) is 0. The summed E-state index contributed by atoms with van der Waals surface area (Å²) in [6.07, 6.45) is 1.56. The smallest absolute Gasteiger partial charge is 0.199 e. The third-order valence-corrected chi connectivity index (χ3v) is 5.71. The van der Waals surface area contributed by atoms with Crippen LogP contribution in [0.25, 0.3) is 0 Å². The summed E-state index contributed by atoms with van der Waals surface area (Å²) in [6, 6.07) is 40.8. The van der Waals surface area contributed by atoms with Gasteiger partial charge in [-0.15, -0.1) is 0 Å². The Morgan fingerprint density at radius 3 is 1.88 bits per heavy atom. The molecule has 0 aliphatic carbocycles. The second kappa shape index (κ2) is 8.98. The number of rotatable bonds is 5. The average Bonchev–Trinajstić information content (AvgIpc) is 2.89. The van der Waals surface area contributed by atoms with Gasteiger partial charge in [-0.2, -0.15) is 15.3 Å². The summed E-state index contributed by atoms with van der Waals surface area (Å²) in [6.45, 7) is 0. The highest BCUT2D eigenvalue weighted by Gasteiger charge is 2.43. The zero-order chi connectivity index (χ0) is 21.6. The maximum Gasteiger partial charge on any atom is 0.199 e. The van der Waals surface area contributed by atoms with Gasteiger partial charge in [0.15, 0.2) is 5.66 Å². The molecule has 5 rings (SSSR count). The van der Waals surface area contributed by atoms with E-state index in [2.05, 4.69) is 65.8 Å². The van der Waals surface area contributed by atoms with Gasteiger partial charge in [0.1, 0.15) is 0 Å². The molecule has 1 aliphatic rings. The molecule has 0 fully saturated rings. The Labute approximate surface area is 188 Å². The molecule has 4 aromatic rings. The quantitative estimate of drug-likeness (QED) is 0.314. The third kappa shape index (κ3) is 3.95. The molecule has 1 aliphatic heterocycles. The zero-order valence-electron chi connectivity index (χ0n) is 17.8. The molecule has 1 atom stereocenters. The van der Waals surface area contributed by atoms with E-state index in [1.165, 1.54) is 0 Å². The second-order valence-electron chi connectivity index (χ2n) is 7.78. The van der Waals surface area contributed by atoms with Gasteiger partial charge in [-0.3, -0.25) is 0 Å². The van der Waals surface area contributed by atoms with Gasteiger partial charge in [0.25, 0.3) is 0 Å². The Balaban J connectivity index is 1.69. The molecule has 156 valence electrons. The van der Waals surface area contributed by atoms with E-state index in [1.54, 1.807) is 0 Å². The Hall–Kier alpha value is -4.05. The SMILES string of the molecule is c1ccc(N=N[C@]2(c3ccccc3)CCC(c3ccccc3)=NN2c2ccccc2)cc1. The van der Waals surface area contributed by atoms with Crippen LogP contribution in [0.4, 0.5) is 11.4 Å². The van der Waals surface area contributed by atoms with Gasteiger partial charge < -0.3 is 0 Å². The first-order chi connectivity index (χ1) is 15.9. The molecule has 0 aromatic heterocycles. The van der Waals surface area contributed by atoms with Crippen LogP contribution in [-0.4, -0.2) is 5.71 Å². The lowest BCUT2D eigenvalue weighted by Crippen LogP contribution is -2.45. The molecule has 0 amide bonds. The molecule has 4 aromatic carbocycles. The summed E-state index contributed by atoms with van der Waals surface area (Å²) in [4.78, 5) is 0. The Bertz CT molecular complexity index is 1210. The molecular weight excluding hydrogens is 392 g/mol. The fourth-order valence-electron chi connectivity index (χ4n) is 4.08. The highest BCUT2D eigenvalue weighted by atomic mass is 15.6. The lowest BCUT2D eigenvalue weighted by atomic mass is 9.89. The molecule has 0 radical (unpaired) electrons. The highest BCUT2D eigenvalue weighted by Crippen LogP contribution is 2.43. The van der Waals surface area contributed by atoms with E-state index in [9.17, 15) is 0 Å². The van der Waals surface area contributed by atoms with Crippen LogP contribution in [0.5, 0.6) is 0 Å². The monoisotopic (exact) mass is 416 g/mol. The van der Waals surface area contributed by atoms with Crippen molar-refractivity contribution in [2.75, 3.05) is 5.01 Å². The molecule has 4 heteroatoms. The summed E-state index contributed by atoms with van der Waals surface area (Å²) in [7, 11) is 0. The van der Waals surface area contributed by atoms with Crippen molar-refractivity contribution in [3.63, 3.8) is 0 Å². The Morgan fingerprint density at radius 1 is 0.656 bits per heavy atom. The fourth-order valence-corrected chi connectivity index (χ4v) is 4.08. The standard InChI is InChI=1S/C28H24N4/c1-5-13-23(14-6-1)27-21-22-28(24-15-7-2-8-16-24,31-29-25-17-9-3-10-18-25)32(30-27)26-19-11-4-12-20-26/h1-20H,21-22H2/t28-/m1/s1. The molecule has 1 heterocycles. The van der Waals surface area contributed by atoms with Crippen LogP contribution >= 0.6 is 0 Å². The average molecular weight is 417 g/mol. The molecule has 0 N–H and O–H groups in total. The maximum absolute atomic E-state index is 5.16. The topological polar surface area (TPSA) is 40.3 Å². The highest BCUT2D eigenvalue weighted by molar-refractivity contribution is 6.01. The summed E-state index contributed by atoms with van der Waals surface area (Å²) < 4.78 is 0. The number of azo groups is 1. The third-order valence-electron chi connectivity index (χ3n) is 5.71. The van der Waals surface area contributed by atoms with Gasteiger partial charge in [0, 0.05) is 12.0 Å². The fraction of sp³-hybridized carbons (Fsp3) is 0.107. The minimum Gasteiger partial charge on any atom is -0.232 e. The van der Waals surface area contributed by atoms with E-state index in [-0.39, 0.29) is 0 Å². The molecule has 0 bridgehead atoms. The molecule has 32 heavy (non-hydrogen) atoms. The molecule has 0 spiro atoms. The van der Waals surface area contributed by atoms with Crippen LogP contribution in [0.15, 0.2) is 137 Å². The van der Waals surface area contributed by atoms with Gasteiger partial charge in [-0.25, -0.2) is 5.01 Å². The molecule has 0 saturated carbocycles. The van der Waals surface area contributed by atoms with Crippen LogP contribution in [0.3, 0.4) is 0 Å². The van der Waals surface area contributed by atoms with Crippen molar-refractivity contribution < 1.29 is 0 Å². The van der Waals surface area contributed by atoms with Crippen molar-refractivity contribution in [3.05, 3.63) is 132 Å². The first kappa shape index (κ1) is 19.9. The van der Waals surface area contributed by atoms with E-state index in [0.717, 1.165) is 41.1 Å². The summed E-state index contributed by atoms with van der Waals surface area (Å²) in [5, 5.41) is 16.9. The zero-order valence-corrected chi connectivity index (χ0v) is 17.8. The van der Waals surface area contributed by atoms with Crippen LogP contribution < -0.4 is 5.01 Å². The van der Waals surface area contributed by atoms with E-state index in [4.69, 9.17) is 10.2 Å². The predicted molar refractivity (Wildman–Crippen MR) is 130 cm³/mol. The Kier molecular flexibility index (Phi) is 5.58. The van der Waals surface area contributed by atoms with E-state index >= 15 is 0 Å². The summed E-state index contributed by atoms with van der Waals surface area (Å²) in [5.41, 5.74) is 4.33. The van der Waals surface area contributed by atoms with Crippen LogP contribution in [0.2, 0.25) is 0 Å². The number of anilines is 1. The number of nitrogens with zero attached hydrogens (tertiary/aromatic N) is 4. The van der Waals surface area contributed by atoms with Crippen molar-refractivity contribution in [2.24, 2.45) is 15.3 Å². The first-order valence-corrected chi connectivity index (χ1v) is 10.9. The number of hydrogen-bond acceptors (Lipinski definition) is 4. The lowest BCUT2D eigenvalue weighted by molar-refractivity contribution is 0.366. The minimum atomic E-state index is -0.739. The van der Waals surface area contributed by atoms with Crippen molar-refractivity contribution >= 4 is 17.1 Å². The van der Waals surface area contributed by atoms with E-state index in [1.807, 2.05) is 65.7 Å². The molecular formula is C28H24N4. The van der Waals surface area contributed by atoms with Crippen molar-refractivity contribution in [2.45, 2.75) is 18.5 Å².